The number of nitrogens with zero attached hydrogens (tertiary/aromatic N) is 3. The maximum absolute atomic E-state index is 12.8. The second kappa shape index (κ2) is 9.37. The average molecular weight is 419 g/mol. The summed E-state index contributed by atoms with van der Waals surface area (Å²) in [6.07, 6.45) is 3.54. The predicted octanol–water partition coefficient (Wildman–Crippen LogP) is 4.50. The third-order valence-corrected chi connectivity index (χ3v) is 5.45. The molecule has 5 nitrogen and oxygen atoms in total. The van der Waals surface area contributed by atoms with Crippen molar-refractivity contribution in [2.45, 2.75) is 38.8 Å². The van der Waals surface area contributed by atoms with Crippen molar-refractivity contribution in [3.63, 3.8) is 0 Å². The molecule has 150 valence electrons. The van der Waals surface area contributed by atoms with E-state index in [2.05, 4.69) is 6.07 Å². The lowest BCUT2D eigenvalue weighted by Crippen LogP contribution is -2.51. The highest BCUT2D eigenvalue weighted by Gasteiger charge is 2.30. The van der Waals surface area contributed by atoms with Crippen LogP contribution in [0.25, 0.3) is 16.3 Å². The van der Waals surface area contributed by atoms with Crippen molar-refractivity contribution >= 4 is 29.7 Å². The van der Waals surface area contributed by atoms with E-state index in [0.29, 0.717) is 13.0 Å². The third kappa shape index (κ3) is 4.82. The summed E-state index contributed by atoms with van der Waals surface area (Å²) in [5.41, 5.74) is 8.30. The van der Waals surface area contributed by atoms with Crippen LogP contribution in [0.4, 0.5) is 0 Å². The maximum Gasteiger partial charge on any atom is 0.242 e. The van der Waals surface area contributed by atoms with Crippen LogP contribution in [0, 0.1) is 0 Å². The summed E-state index contributed by atoms with van der Waals surface area (Å²) in [5, 5.41) is 6.83. The summed E-state index contributed by atoms with van der Waals surface area (Å²) in [6.45, 7) is 4.31. The van der Waals surface area contributed by atoms with Gasteiger partial charge in [-0.05, 0) is 36.9 Å². The Labute approximate surface area is 176 Å². The third-order valence-electron chi connectivity index (χ3n) is 4.58. The van der Waals surface area contributed by atoms with Crippen LogP contribution in [-0.4, -0.2) is 33.2 Å². The average Bonchev–Trinajstić information content (AvgIpc) is 3.31. The first-order chi connectivity index (χ1) is 12.9. The van der Waals surface area contributed by atoms with Crippen LogP contribution in [0.1, 0.15) is 32.3 Å². The number of amides is 1. The number of likely N-dealkylation sites (N-methyl/N-ethyl adjacent to an activating group) is 1. The molecular formula is C21H27ClN4OS. The van der Waals surface area contributed by atoms with Crippen LogP contribution < -0.4 is 5.73 Å². The van der Waals surface area contributed by atoms with E-state index < -0.39 is 5.54 Å². The molecule has 0 radical (unpaired) electrons. The molecular weight excluding hydrogens is 392 g/mol. The van der Waals surface area contributed by atoms with Gasteiger partial charge in [-0.25, -0.2) is 4.68 Å². The van der Waals surface area contributed by atoms with Gasteiger partial charge in [0, 0.05) is 25.4 Å². The standard InChI is InChI=1S/C21H26N4OS.ClH/c1-4-12-21(2,22)20(26)24(3)14-16-15-25(17-9-6-5-7-10-17)23-19(16)18-11-8-13-27-18;/h5-11,13,15H,4,12,14,22H2,1-3H3;1H. The Morgan fingerprint density at radius 3 is 2.57 bits per heavy atom. The quantitative estimate of drug-likeness (QED) is 0.614. The van der Waals surface area contributed by atoms with Crippen LogP contribution in [-0.2, 0) is 11.3 Å². The molecule has 1 unspecified atom stereocenters. The van der Waals surface area contributed by atoms with Gasteiger partial charge in [-0.2, -0.15) is 5.10 Å². The van der Waals surface area contributed by atoms with Gasteiger partial charge in [-0.3, -0.25) is 4.79 Å². The lowest BCUT2D eigenvalue weighted by Gasteiger charge is -2.29. The number of carbonyl (C=O) groups excluding carboxylic acids is 1. The number of nitrogens with two attached hydrogens (primary N) is 1. The summed E-state index contributed by atoms with van der Waals surface area (Å²) < 4.78 is 1.87. The molecule has 0 aliphatic rings. The van der Waals surface area contributed by atoms with E-state index in [0.717, 1.165) is 28.2 Å². The van der Waals surface area contributed by atoms with E-state index in [9.17, 15) is 4.79 Å². The number of carbonyl (C=O) groups is 1. The Morgan fingerprint density at radius 2 is 1.96 bits per heavy atom. The fourth-order valence-electron chi connectivity index (χ4n) is 3.25. The van der Waals surface area contributed by atoms with Crippen molar-refractivity contribution in [2.24, 2.45) is 5.73 Å². The van der Waals surface area contributed by atoms with Crippen LogP contribution >= 0.6 is 23.7 Å². The molecule has 1 atom stereocenters. The topological polar surface area (TPSA) is 64.2 Å². The molecule has 2 heterocycles. The maximum atomic E-state index is 12.8. The number of thiophene rings is 1. The first-order valence-corrected chi connectivity index (χ1v) is 10.0. The molecule has 0 aliphatic heterocycles. The Morgan fingerprint density at radius 1 is 1.25 bits per heavy atom. The van der Waals surface area contributed by atoms with E-state index in [1.54, 1.807) is 23.3 Å². The lowest BCUT2D eigenvalue weighted by molar-refractivity contribution is -0.135. The fraction of sp³-hybridized carbons (Fsp3) is 0.333. The molecule has 7 heteroatoms. The van der Waals surface area contributed by atoms with E-state index in [1.807, 2.05) is 66.5 Å². The molecule has 2 aromatic heterocycles. The van der Waals surface area contributed by atoms with Gasteiger partial charge >= 0.3 is 0 Å². The minimum atomic E-state index is -0.845. The highest BCUT2D eigenvalue weighted by Crippen LogP contribution is 2.29. The Balaban J connectivity index is 0.00000280. The largest absolute Gasteiger partial charge is 0.340 e. The minimum absolute atomic E-state index is 0. The van der Waals surface area contributed by atoms with Crippen molar-refractivity contribution in [1.29, 1.82) is 0 Å². The molecule has 0 aliphatic carbocycles. The van der Waals surface area contributed by atoms with Crippen LogP contribution in [0.3, 0.4) is 0 Å². The van der Waals surface area contributed by atoms with E-state index >= 15 is 0 Å². The van der Waals surface area contributed by atoms with Gasteiger partial charge in [0.2, 0.25) is 5.91 Å². The molecule has 0 saturated carbocycles. The Hall–Kier alpha value is -2.15. The molecule has 3 rings (SSSR count). The zero-order chi connectivity index (χ0) is 19.4. The fourth-order valence-corrected chi connectivity index (χ4v) is 3.99. The van der Waals surface area contributed by atoms with Crippen LogP contribution in [0.15, 0.2) is 54.0 Å². The van der Waals surface area contributed by atoms with Gasteiger partial charge in [0.15, 0.2) is 0 Å². The molecule has 2 N–H and O–H groups in total. The summed E-state index contributed by atoms with van der Waals surface area (Å²) in [7, 11) is 1.81. The van der Waals surface area contributed by atoms with Gasteiger partial charge < -0.3 is 10.6 Å². The first-order valence-electron chi connectivity index (χ1n) is 9.14. The highest BCUT2D eigenvalue weighted by molar-refractivity contribution is 7.13. The van der Waals surface area contributed by atoms with Crippen molar-refractivity contribution in [2.75, 3.05) is 7.05 Å². The van der Waals surface area contributed by atoms with Crippen molar-refractivity contribution in [3.05, 3.63) is 59.6 Å². The van der Waals surface area contributed by atoms with E-state index in [1.165, 1.54) is 0 Å². The normalized spacial score (nSPS) is 12.9. The number of hydrogen-bond acceptors (Lipinski definition) is 4. The predicted molar refractivity (Wildman–Crippen MR) is 118 cm³/mol. The number of benzene rings is 1. The van der Waals surface area contributed by atoms with E-state index in [-0.39, 0.29) is 18.3 Å². The molecule has 1 aromatic carbocycles. The first kappa shape index (κ1) is 22.1. The van der Waals surface area contributed by atoms with Crippen molar-refractivity contribution in [1.82, 2.24) is 14.7 Å². The van der Waals surface area contributed by atoms with Gasteiger partial charge in [0.05, 0.1) is 16.1 Å². The molecule has 0 bridgehead atoms. The molecule has 28 heavy (non-hydrogen) atoms. The number of hydrogen-bond donors (Lipinski definition) is 1. The molecule has 0 spiro atoms. The molecule has 1 amide bonds. The molecule has 0 saturated heterocycles. The summed E-state index contributed by atoms with van der Waals surface area (Å²) in [6, 6.07) is 14.1. The second-order valence-corrected chi connectivity index (χ2v) is 8.04. The van der Waals surface area contributed by atoms with E-state index in [4.69, 9.17) is 10.8 Å². The zero-order valence-electron chi connectivity index (χ0n) is 16.5. The van der Waals surface area contributed by atoms with Crippen LogP contribution in [0.2, 0.25) is 0 Å². The highest BCUT2D eigenvalue weighted by atomic mass is 35.5. The summed E-state index contributed by atoms with van der Waals surface area (Å²) in [5.74, 6) is -0.0473. The number of rotatable bonds is 7. The smallest absolute Gasteiger partial charge is 0.242 e. The summed E-state index contributed by atoms with van der Waals surface area (Å²) >= 11 is 1.64. The molecule has 3 aromatic rings. The van der Waals surface area contributed by atoms with Gasteiger partial charge in [-0.1, -0.05) is 37.6 Å². The van der Waals surface area contributed by atoms with Crippen molar-refractivity contribution in [3.8, 4) is 16.3 Å². The van der Waals surface area contributed by atoms with Gasteiger partial charge in [0.25, 0.3) is 0 Å². The van der Waals surface area contributed by atoms with Gasteiger partial charge in [0.1, 0.15) is 5.69 Å². The molecule has 0 fully saturated rings. The lowest BCUT2D eigenvalue weighted by atomic mass is 9.96. The van der Waals surface area contributed by atoms with Gasteiger partial charge in [-0.15, -0.1) is 23.7 Å². The minimum Gasteiger partial charge on any atom is -0.340 e. The monoisotopic (exact) mass is 418 g/mol. The number of aromatic nitrogens is 2. The number of halogens is 1. The Kier molecular flexibility index (Phi) is 7.41. The number of para-hydroxylation sites is 1. The second-order valence-electron chi connectivity index (χ2n) is 7.09. The van der Waals surface area contributed by atoms with Crippen LogP contribution in [0.5, 0.6) is 0 Å². The Bertz CT molecular complexity index is 891. The summed E-state index contributed by atoms with van der Waals surface area (Å²) in [4.78, 5) is 15.6. The SMILES string of the molecule is CCCC(C)(N)C(=O)N(C)Cc1cn(-c2ccccc2)nc1-c1cccs1.Cl. The zero-order valence-corrected chi connectivity index (χ0v) is 18.1. The van der Waals surface area contributed by atoms with Crippen molar-refractivity contribution < 1.29 is 4.79 Å².